The maximum atomic E-state index is 12.0. The number of rotatable bonds is 4. The SMILES string of the molecule is O=C1CN(C(=O)CCc2cccs2)C(C(=O)O)CN1. The van der Waals surface area contributed by atoms with Crippen molar-refractivity contribution < 1.29 is 19.5 Å². The van der Waals surface area contributed by atoms with Crippen LogP contribution in [0, 0.1) is 0 Å². The molecule has 2 N–H and O–H groups in total. The van der Waals surface area contributed by atoms with Crippen LogP contribution in [-0.2, 0) is 20.8 Å². The van der Waals surface area contributed by atoms with E-state index in [0.29, 0.717) is 6.42 Å². The first kappa shape index (κ1) is 13.5. The monoisotopic (exact) mass is 282 g/mol. The molecule has 1 aromatic rings. The van der Waals surface area contributed by atoms with Crippen LogP contribution in [0.1, 0.15) is 11.3 Å². The minimum Gasteiger partial charge on any atom is -0.480 e. The van der Waals surface area contributed by atoms with Crippen molar-refractivity contribution in [3.05, 3.63) is 22.4 Å². The predicted octanol–water partition coefficient (Wildman–Crippen LogP) is 0.0923. The molecule has 102 valence electrons. The van der Waals surface area contributed by atoms with Gasteiger partial charge in [-0.3, -0.25) is 9.59 Å². The van der Waals surface area contributed by atoms with Crippen molar-refractivity contribution in [1.29, 1.82) is 0 Å². The van der Waals surface area contributed by atoms with Crippen LogP contribution in [0.25, 0.3) is 0 Å². The van der Waals surface area contributed by atoms with Crippen LogP contribution in [-0.4, -0.2) is 46.9 Å². The molecule has 19 heavy (non-hydrogen) atoms. The van der Waals surface area contributed by atoms with E-state index >= 15 is 0 Å². The van der Waals surface area contributed by atoms with Gasteiger partial charge in [-0.05, 0) is 17.9 Å². The molecule has 1 saturated heterocycles. The first-order chi connectivity index (χ1) is 9.08. The molecule has 7 heteroatoms. The highest BCUT2D eigenvalue weighted by molar-refractivity contribution is 7.09. The molecule has 1 unspecified atom stereocenters. The maximum absolute atomic E-state index is 12.0. The van der Waals surface area contributed by atoms with Crippen LogP contribution in [0.15, 0.2) is 17.5 Å². The Hall–Kier alpha value is -1.89. The summed E-state index contributed by atoms with van der Waals surface area (Å²) in [6, 6.07) is 2.86. The van der Waals surface area contributed by atoms with E-state index in [0.717, 1.165) is 9.78 Å². The van der Waals surface area contributed by atoms with Crippen molar-refractivity contribution in [2.45, 2.75) is 18.9 Å². The molecule has 0 aliphatic carbocycles. The van der Waals surface area contributed by atoms with E-state index in [9.17, 15) is 14.4 Å². The molecular formula is C12H14N2O4S. The highest BCUT2D eigenvalue weighted by Gasteiger charge is 2.34. The van der Waals surface area contributed by atoms with Gasteiger partial charge in [0.25, 0.3) is 0 Å². The Morgan fingerprint density at radius 3 is 2.95 bits per heavy atom. The molecule has 1 atom stereocenters. The number of carbonyl (C=O) groups is 3. The standard InChI is InChI=1S/C12H14N2O4S/c15-10-7-14(9(6-13-10)12(17)18)11(16)4-3-8-2-1-5-19-8/h1-2,5,9H,3-4,6-7H2,(H,13,15)(H,17,18). The molecule has 2 amide bonds. The summed E-state index contributed by atoms with van der Waals surface area (Å²) in [5.74, 6) is -1.71. The zero-order valence-corrected chi connectivity index (χ0v) is 11.0. The minimum absolute atomic E-state index is 0.0289. The zero-order chi connectivity index (χ0) is 13.8. The minimum atomic E-state index is -1.09. The lowest BCUT2D eigenvalue weighted by Crippen LogP contribution is -2.59. The fourth-order valence-corrected chi connectivity index (χ4v) is 2.66. The van der Waals surface area contributed by atoms with E-state index in [2.05, 4.69) is 5.32 Å². The Morgan fingerprint density at radius 1 is 1.53 bits per heavy atom. The third-order valence-corrected chi connectivity index (χ3v) is 3.89. The number of piperazine rings is 1. The van der Waals surface area contributed by atoms with Crippen LogP contribution in [0.4, 0.5) is 0 Å². The molecule has 0 radical (unpaired) electrons. The lowest BCUT2D eigenvalue weighted by molar-refractivity contribution is -0.154. The van der Waals surface area contributed by atoms with Gasteiger partial charge in [-0.1, -0.05) is 6.07 Å². The molecule has 1 fully saturated rings. The van der Waals surface area contributed by atoms with Gasteiger partial charge in [0.1, 0.15) is 12.6 Å². The third kappa shape index (κ3) is 3.31. The second-order valence-corrected chi connectivity index (χ2v) is 5.29. The summed E-state index contributed by atoms with van der Waals surface area (Å²) in [4.78, 5) is 36.6. The van der Waals surface area contributed by atoms with Gasteiger partial charge in [0.15, 0.2) is 0 Å². The Labute approximate surface area is 114 Å². The van der Waals surface area contributed by atoms with Crippen molar-refractivity contribution in [1.82, 2.24) is 10.2 Å². The first-order valence-corrected chi connectivity index (χ1v) is 6.77. The molecule has 0 aromatic carbocycles. The zero-order valence-electron chi connectivity index (χ0n) is 10.2. The fraction of sp³-hybridized carbons (Fsp3) is 0.417. The average Bonchev–Trinajstić information content (AvgIpc) is 2.88. The lowest BCUT2D eigenvalue weighted by Gasteiger charge is -2.32. The molecular weight excluding hydrogens is 268 g/mol. The third-order valence-electron chi connectivity index (χ3n) is 2.95. The van der Waals surface area contributed by atoms with Crippen molar-refractivity contribution >= 4 is 29.1 Å². The fourth-order valence-electron chi connectivity index (χ4n) is 1.95. The summed E-state index contributed by atoms with van der Waals surface area (Å²) >= 11 is 1.55. The number of aliphatic carboxylic acids is 1. The summed E-state index contributed by atoms with van der Waals surface area (Å²) < 4.78 is 0. The van der Waals surface area contributed by atoms with Gasteiger partial charge in [0.2, 0.25) is 11.8 Å². The normalized spacial score (nSPS) is 19.1. The highest BCUT2D eigenvalue weighted by atomic mass is 32.1. The summed E-state index contributed by atoms with van der Waals surface area (Å²) in [7, 11) is 0. The number of carboxylic acid groups (broad SMARTS) is 1. The summed E-state index contributed by atoms with van der Waals surface area (Å²) in [5, 5.41) is 13.4. The quantitative estimate of drug-likeness (QED) is 0.819. The van der Waals surface area contributed by atoms with Crippen molar-refractivity contribution in [3.8, 4) is 0 Å². The Kier molecular flexibility index (Phi) is 4.16. The van der Waals surface area contributed by atoms with E-state index in [1.165, 1.54) is 0 Å². The Morgan fingerprint density at radius 2 is 2.32 bits per heavy atom. The Balaban J connectivity index is 1.98. The molecule has 0 spiro atoms. The highest BCUT2D eigenvalue weighted by Crippen LogP contribution is 2.13. The number of thiophene rings is 1. The van der Waals surface area contributed by atoms with Gasteiger partial charge < -0.3 is 15.3 Å². The van der Waals surface area contributed by atoms with E-state index in [1.54, 1.807) is 11.3 Å². The largest absolute Gasteiger partial charge is 0.480 e. The number of amides is 2. The van der Waals surface area contributed by atoms with Crippen LogP contribution in [0.2, 0.25) is 0 Å². The van der Waals surface area contributed by atoms with Gasteiger partial charge in [-0.2, -0.15) is 0 Å². The van der Waals surface area contributed by atoms with E-state index < -0.39 is 12.0 Å². The van der Waals surface area contributed by atoms with Crippen molar-refractivity contribution in [3.63, 3.8) is 0 Å². The van der Waals surface area contributed by atoms with E-state index in [1.807, 2.05) is 17.5 Å². The maximum Gasteiger partial charge on any atom is 0.328 e. The van der Waals surface area contributed by atoms with Crippen LogP contribution in [0.5, 0.6) is 0 Å². The molecule has 0 bridgehead atoms. The molecule has 2 rings (SSSR count). The van der Waals surface area contributed by atoms with Gasteiger partial charge in [0, 0.05) is 17.8 Å². The number of carbonyl (C=O) groups excluding carboxylic acids is 2. The van der Waals surface area contributed by atoms with Gasteiger partial charge in [-0.25, -0.2) is 4.79 Å². The van der Waals surface area contributed by atoms with Crippen LogP contribution < -0.4 is 5.32 Å². The topological polar surface area (TPSA) is 86.7 Å². The van der Waals surface area contributed by atoms with Crippen molar-refractivity contribution in [2.24, 2.45) is 0 Å². The van der Waals surface area contributed by atoms with Crippen LogP contribution >= 0.6 is 11.3 Å². The van der Waals surface area contributed by atoms with Gasteiger partial charge >= 0.3 is 5.97 Å². The molecule has 1 aliphatic rings. The second-order valence-electron chi connectivity index (χ2n) is 4.26. The number of aryl methyl sites for hydroxylation is 1. The molecule has 1 aromatic heterocycles. The van der Waals surface area contributed by atoms with Gasteiger partial charge in [0.05, 0.1) is 0 Å². The molecule has 2 heterocycles. The molecule has 6 nitrogen and oxygen atoms in total. The molecule has 1 aliphatic heterocycles. The smallest absolute Gasteiger partial charge is 0.328 e. The Bertz CT molecular complexity index is 486. The average molecular weight is 282 g/mol. The van der Waals surface area contributed by atoms with E-state index in [-0.39, 0.29) is 31.3 Å². The summed E-state index contributed by atoms with van der Waals surface area (Å²) in [6.07, 6.45) is 0.790. The summed E-state index contributed by atoms with van der Waals surface area (Å²) in [5.41, 5.74) is 0. The number of hydrogen-bond donors (Lipinski definition) is 2. The lowest BCUT2D eigenvalue weighted by atomic mass is 10.1. The summed E-state index contributed by atoms with van der Waals surface area (Å²) in [6.45, 7) is -0.209. The van der Waals surface area contributed by atoms with Gasteiger partial charge in [-0.15, -0.1) is 11.3 Å². The predicted molar refractivity (Wildman–Crippen MR) is 68.8 cm³/mol. The number of carboxylic acids is 1. The van der Waals surface area contributed by atoms with E-state index in [4.69, 9.17) is 5.11 Å². The number of hydrogen-bond acceptors (Lipinski definition) is 4. The molecule has 0 saturated carbocycles. The van der Waals surface area contributed by atoms with Crippen LogP contribution in [0.3, 0.4) is 0 Å². The first-order valence-electron chi connectivity index (χ1n) is 5.89. The number of nitrogens with one attached hydrogen (secondary N) is 1. The van der Waals surface area contributed by atoms with Crippen molar-refractivity contribution in [2.75, 3.05) is 13.1 Å². The number of nitrogens with zero attached hydrogens (tertiary/aromatic N) is 1. The second kappa shape index (κ2) is 5.83.